The molecule has 1 atom stereocenters. The van der Waals surface area contributed by atoms with Gasteiger partial charge < -0.3 is 5.11 Å². The van der Waals surface area contributed by atoms with Crippen molar-refractivity contribution in [3.05, 3.63) is 35.6 Å². The highest BCUT2D eigenvalue weighted by molar-refractivity contribution is 5.67. The fourth-order valence-electron chi connectivity index (χ4n) is 2.38. The van der Waals surface area contributed by atoms with Crippen LogP contribution in [0.2, 0.25) is 0 Å². The number of aliphatic carboxylic acids is 1. The van der Waals surface area contributed by atoms with Gasteiger partial charge in [-0.3, -0.25) is 9.69 Å². The van der Waals surface area contributed by atoms with Gasteiger partial charge in [0.1, 0.15) is 5.82 Å². The van der Waals surface area contributed by atoms with Crippen molar-refractivity contribution in [1.82, 2.24) is 4.90 Å². The molecular weight excluding hydrogens is 221 g/mol. The zero-order chi connectivity index (χ0) is 12.3. The molecule has 0 radical (unpaired) electrons. The Hall–Kier alpha value is -1.42. The molecule has 3 nitrogen and oxygen atoms in total. The normalized spacial score (nSPS) is 20.6. The Kier molecular flexibility index (Phi) is 3.74. The molecule has 1 aliphatic rings. The third-order valence-electron chi connectivity index (χ3n) is 3.24. The number of carboxylic acid groups (broad SMARTS) is 1. The number of rotatable bonds is 4. The number of carbonyl (C=O) groups is 1. The van der Waals surface area contributed by atoms with E-state index in [1.54, 1.807) is 18.2 Å². The van der Waals surface area contributed by atoms with Crippen molar-refractivity contribution in [2.24, 2.45) is 0 Å². The number of likely N-dealkylation sites (tertiary alicyclic amines) is 1. The first-order valence-corrected chi connectivity index (χ1v) is 5.86. The summed E-state index contributed by atoms with van der Waals surface area (Å²) in [5.74, 6) is -0.996. The van der Waals surface area contributed by atoms with Gasteiger partial charge >= 0.3 is 5.97 Å². The van der Waals surface area contributed by atoms with Crippen LogP contribution in [-0.4, -0.2) is 28.6 Å². The van der Waals surface area contributed by atoms with Gasteiger partial charge in [-0.05, 0) is 25.5 Å². The van der Waals surface area contributed by atoms with Crippen molar-refractivity contribution in [1.29, 1.82) is 0 Å². The molecule has 92 valence electrons. The largest absolute Gasteiger partial charge is 0.481 e. The molecule has 1 heterocycles. The molecule has 0 aliphatic carbocycles. The fourth-order valence-corrected chi connectivity index (χ4v) is 2.38. The monoisotopic (exact) mass is 237 g/mol. The van der Waals surface area contributed by atoms with E-state index in [9.17, 15) is 9.18 Å². The van der Waals surface area contributed by atoms with Gasteiger partial charge in [0.2, 0.25) is 0 Å². The van der Waals surface area contributed by atoms with Crippen LogP contribution in [-0.2, 0) is 11.3 Å². The van der Waals surface area contributed by atoms with Gasteiger partial charge in [0, 0.05) is 18.2 Å². The van der Waals surface area contributed by atoms with E-state index in [-0.39, 0.29) is 18.3 Å². The molecular formula is C13H16FNO2. The SMILES string of the molecule is O=C(O)CC1CCCN1Cc1ccccc1F. The minimum Gasteiger partial charge on any atom is -0.481 e. The Balaban J connectivity index is 2.03. The molecule has 1 aromatic carbocycles. The first-order valence-electron chi connectivity index (χ1n) is 5.86. The Labute approximate surface area is 99.9 Å². The van der Waals surface area contributed by atoms with Crippen LogP contribution in [0, 0.1) is 5.82 Å². The summed E-state index contributed by atoms with van der Waals surface area (Å²) < 4.78 is 13.5. The molecule has 1 aromatic rings. The van der Waals surface area contributed by atoms with E-state index < -0.39 is 5.97 Å². The summed E-state index contributed by atoms with van der Waals surface area (Å²) in [5.41, 5.74) is 0.643. The van der Waals surface area contributed by atoms with E-state index in [2.05, 4.69) is 4.90 Å². The molecule has 1 aliphatic heterocycles. The van der Waals surface area contributed by atoms with E-state index in [0.29, 0.717) is 12.1 Å². The van der Waals surface area contributed by atoms with Crippen molar-refractivity contribution >= 4 is 5.97 Å². The number of benzene rings is 1. The molecule has 17 heavy (non-hydrogen) atoms. The molecule has 1 unspecified atom stereocenters. The van der Waals surface area contributed by atoms with Gasteiger partial charge in [-0.25, -0.2) is 4.39 Å². The zero-order valence-electron chi connectivity index (χ0n) is 9.60. The van der Waals surface area contributed by atoms with Crippen molar-refractivity contribution in [3.63, 3.8) is 0 Å². The second-order valence-corrected chi connectivity index (χ2v) is 4.46. The smallest absolute Gasteiger partial charge is 0.304 e. The molecule has 0 amide bonds. The van der Waals surface area contributed by atoms with Crippen molar-refractivity contribution < 1.29 is 14.3 Å². The average Bonchev–Trinajstić information content (AvgIpc) is 2.68. The molecule has 0 aromatic heterocycles. The Bertz CT molecular complexity index is 408. The summed E-state index contributed by atoms with van der Waals surface area (Å²) >= 11 is 0. The average molecular weight is 237 g/mol. The van der Waals surface area contributed by atoms with Crippen LogP contribution >= 0.6 is 0 Å². The molecule has 4 heteroatoms. The molecule has 2 rings (SSSR count). The van der Waals surface area contributed by atoms with Crippen molar-refractivity contribution in [3.8, 4) is 0 Å². The van der Waals surface area contributed by atoms with Gasteiger partial charge in [0.05, 0.1) is 6.42 Å². The van der Waals surface area contributed by atoms with Crippen LogP contribution in [0.25, 0.3) is 0 Å². The standard InChI is InChI=1S/C13H16FNO2/c14-12-6-2-1-4-10(12)9-15-7-3-5-11(15)8-13(16)17/h1-2,4,6,11H,3,5,7-9H2,(H,16,17). The summed E-state index contributed by atoms with van der Waals surface area (Å²) in [6.45, 7) is 1.36. The molecule has 0 saturated carbocycles. The number of halogens is 1. The highest BCUT2D eigenvalue weighted by Gasteiger charge is 2.26. The van der Waals surface area contributed by atoms with Gasteiger partial charge in [-0.15, -0.1) is 0 Å². The molecule has 1 saturated heterocycles. The third kappa shape index (κ3) is 3.03. The van der Waals surface area contributed by atoms with Crippen LogP contribution in [0.1, 0.15) is 24.8 Å². The van der Waals surface area contributed by atoms with Crippen LogP contribution < -0.4 is 0 Å². The van der Waals surface area contributed by atoms with Crippen LogP contribution in [0.4, 0.5) is 4.39 Å². The second kappa shape index (κ2) is 5.27. The summed E-state index contributed by atoms with van der Waals surface area (Å²) in [6, 6.07) is 6.72. The molecule has 1 fully saturated rings. The minimum absolute atomic E-state index is 0.0482. The maximum Gasteiger partial charge on any atom is 0.304 e. The van der Waals surface area contributed by atoms with Crippen molar-refractivity contribution in [2.45, 2.75) is 31.8 Å². The lowest BCUT2D eigenvalue weighted by Crippen LogP contribution is -2.31. The van der Waals surface area contributed by atoms with Crippen LogP contribution in [0.3, 0.4) is 0 Å². The van der Waals surface area contributed by atoms with E-state index in [1.165, 1.54) is 6.07 Å². The topological polar surface area (TPSA) is 40.5 Å². The van der Waals surface area contributed by atoms with E-state index in [1.807, 2.05) is 0 Å². The molecule has 0 spiro atoms. The summed E-state index contributed by atoms with van der Waals surface area (Å²) in [7, 11) is 0. The Morgan fingerprint density at radius 2 is 2.24 bits per heavy atom. The second-order valence-electron chi connectivity index (χ2n) is 4.46. The van der Waals surface area contributed by atoms with E-state index in [0.717, 1.165) is 19.4 Å². The third-order valence-corrected chi connectivity index (χ3v) is 3.24. The highest BCUT2D eigenvalue weighted by atomic mass is 19.1. The van der Waals surface area contributed by atoms with Crippen LogP contribution in [0.5, 0.6) is 0 Å². The predicted molar refractivity (Wildman–Crippen MR) is 62.1 cm³/mol. The van der Waals surface area contributed by atoms with E-state index in [4.69, 9.17) is 5.11 Å². The lowest BCUT2D eigenvalue weighted by Gasteiger charge is -2.23. The lowest BCUT2D eigenvalue weighted by molar-refractivity contribution is -0.138. The number of carboxylic acids is 1. The Morgan fingerprint density at radius 1 is 1.47 bits per heavy atom. The zero-order valence-corrected chi connectivity index (χ0v) is 9.60. The highest BCUT2D eigenvalue weighted by Crippen LogP contribution is 2.23. The van der Waals surface area contributed by atoms with Gasteiger partial charge in [-0.2, -0.15) is 0 Å². The predicted octanol–water partition coefficient (Wildman–Crippen LogP) is 2.26. The number of hydrogen-bond donors (Lipinski definition) is 1. The van der Waals surface area contributed by atoms with Gasteiger partial charge in [0.25, 0.3) is 0 Å². The maximum atomic E-state index is 13.5. The quantitative estimate of drug-likeness (QED) is 0.873. The minimum atomic E-state index is -0.782. The van der Waals surface area contributed by atoms with Crippen molar-refractivity contribution in [2.75, 3.05) is 6.54 Å². The lowest BCUT2D eigenvalue weighted by atomic mass is 10.1. The molecule has 1 N–H and O–H groups in total. The number of hydrogen-bond acceptors (Lipinski definition) is 2. The first-order chi connectivity index (χ1) is 8.16. The summed E-state index contributed by atoms with van der Waals surface area (Å²) in [6.07, 6.45) is 2.03. The summed E-state index contributed by atoms with van der Waals surface area (Å²) in [4.78, 5) is 12.8. The fraction of sp³-hybridized carbons (Fsp3) is 0.462. The Morgan fingerprint density at radius 3 is 2.94 bits per heavy atom. The van der Waals surface area contributed by atoms with Gasteiger partial charge in [0.15, 0.2) is 0 Å². The maximum absolute atomic E-state index is 13.5. The van der Waals surface area contributed by atoms with Gasteiger partial charge in [-0.1, -0.05) is 18.2 Å². The van der Waals surface area contributed by atoms with E-state index >= 15 is 0 Å². The summed E-state index contributed by atoms with van der Waals surface area (Å²) in [5, 5.41) is 8.81. The van der Waals surface area contributed by atoms with Crippen LogP contribution in [0.15, 0.2) is 24.3 Å². The number of nitrogens with zero attached hydrogens (tertiary/aromatic N) is 1. The molecule has 0 bridgehead atoms. The first kappa shape index (κ1) is 12.0.